The quantitative estimate of drug-likeness (QED) is 0.716. The van der Waals surface area contributed by atoms with Gasteiger partial charge in [-0.15, -0.1) is 12.4 Å². The molecule has 1 N–H and O–H groups in total. The predicted molar refractivity (Wildman–Crippen MR) is 56.6 cm³/mol. The van der Waals surface area contributed by atoms with Gasteiger partial charge in [-0.25, -0.2) is 0 Å². The highest BCUT2D eigenvalue weighted by atomic mass is 35.5. The number of carbonyl (C=O) groups is 1. The Morgan fingerprint density at radius 3 is 2.43 bits per heavy atom. The Morgan fingerprint density at radius 2 is 1.93 bits per heavy atom. The van der Waals surface area contributed by atoms with Crippen molar-refractivity contribution in [2.75, 3.05) is 6.61 Å². The highest BCUT2D eigenvalue weighted by Crippen LogP contribution is 2.31. The SMILES string of the molecule is CCOC(=O)C1CC2CCC(C1)N2.Cl. The summed E-state index contributed by atoms with van der Waals surface area (Å²) < 4.78 is 5.04. The average molecular weight is 220 g/mol. The van der Waals surface area contributed by atoms with E-state index in [1.165, 1.54) is 12.8 Å². The molecule has 2 atom stereocenters. The number of nitrogens with one attached hydrogen (secondary N) is 1. The molecule has 0 aliphatic carbocycles. The Morgan fingerprint density at radius 1 is 1.36 bits per heavy atom. The molecule has 0 saturated carbocycles. The van der Waals surface area contributed by atoms with Gasteiger partial charge >= 0.3 is 5.97 Å². The third-order valence-electron chi connectivity index (χ3n) is 3.09. The van der Waals surface area contributed by atoms with Crippen molar-refractivity contribution >= 4 is 18.4 Å². The van der Waals surface area contributed by atoms with Gasteiger partial charge < -0.3 is 10.1 Å². The Bertz CT molecular complexity index is 198. The molecule has 82 valence electrons. The van der Waals surface area contributed by atoms with Gasteiger partial charge in [0.1, 0.15) is 0 Å². The van der Waals surface area contributed by atoms with Crippen molar-refractivity contribution in [3.63, 3.8) is 0 Å². The molecule has 0 amide bonds. The Hall–Kier alpha value is -0.280. The maximum absolute atomic E-state index is 11.5. The minimum atomic E-state index is 0. The molecule has 2 heterocycles. The predicted octanol–water partition coefficient (Wildman–Crippen LogP) is 1.50. The highest BCUT2D eigenvalue weighted by Gasteiger charge is 2.37. The summed E-state index contributed by atoms with van der Waals surface area (Å²) in [7, 11) is 0. The zero-order valence-corrected chi connectivity index (χ0v) is 9.31. The van der Waals surface area contributed by atoms with Crippen molar-refractivity contribution in [3.05, 3.63) is 0 Å². The van der Waals surface area contributed by atoms with Crippen molar-refractivity contribution in [2.45, 2.75) is 44.7 Å². The van der Waals surface area contributed by atoms with Crippen LogP contribution in [0.1, 0.15) is 32.6 Å². The maximum Gasteiger partial charge on any atom is 0.309 e. The van der Waals surface area contributed by atoms with Crippen molar-refractivity contribution in [1.29, 1.82) is 0 Å². The van der Waals surface area contributed by atoms with Crippen LogP contribution in [0.2, 0.25) is 0 Å². The fraction of sp³-hybridized carbons (Fsp3) is 0.900. The van der Waals surface area contributed by atoms with Crippen LogP contribution in [0.5, 0.6) is 0 Å². The molecular weight excluding hydrogens is 202 g/mol. The zero-order valence-electron chi connectivity index (χ0n) is 8.49. The molecule has 14 heavy (non-hydrogen) atoms. The van der Waals surface area contributed by atoms with Crippen molar-refractivity contribution in [3.8, 4) is 0 Å². The van der Waals surface area contributed by atoms with Gasteiger partial charge in [-0.1, -0.05) is 0 Å². The first kappa shape index (κ1) is 11.8. The lowest BCUT2D eigenvalue weighted by Crippen LogP contribution is -2.41. The van der Waals surface area contributed by atoms with Crippen LogP contribution in [0.3, 0.4) is 0 Å². The van der Waals surface area contributed by atoms with Gasteiger partial charge in [0.2, 0.25) is 0 Å². The summed E-state index contributed by atoms with van der Waals surface area (Å²) in [4.78, 5) is 11.5. The van der Waals surface area contributed by atoms with Gasteiger partial charge in [-0.05, 0) is 32.6 Å². The maximum atomic E-state index is 11.5. The van der Waals surface area contributed by atoms with E-state index < -0.39 is 0 Å². The van der Waals surface area contributed by atoms with Gasteiger partial charge in [-0.3, -0.25) is 4.79 Å². The molecule has 2 aliphatic rings. The highest BCUT2D eigenvalue weighted by molar-refractivity contribution is 5.85. The first-order valence-corrected chi connectivity index (χ1v) is 5.22. The summed E-state index contributed by atoms with van der Waals surface area (Å²) in [6.45, 7) is 2.38. The van der Waals surface area contributed by atoms with E-state index in [1.807, 2.05) is 6.92 Å². The Labute approximate surface area is 91.0 Å². The van der Waals surface area contributed by atoms with Crippen molar-refractivity contribution in [1.82, 2.24) is 5.32 Å². The molecule has 2 rings (SSSR count). The second-order valence-electron chi connectivity index (χ2n) is 4.06. The van der Waals surface area contributed by atoms with E-state index in [4.69, 9.17) is 4.74 Å². The summed E-state index contributed by atoms with van der Waals surface area (Å²) in [5.41, 5.74) is 0. The third kappa shape index (κ3) is 2.39. The fourth-order valence-electron chi connectivity index (χ4n) is 2.51. The summed E-state index contributed by atoms with van der Waals surface area (Å²) in [6, 6.07) is 1.15. The topological polar surface area (TPSA) is 38.3 Å². The van der Waals surface area contributed by atoms with E-state index in [9.17, 15) is 4.79 Å². The van der Waals surface area contributed by atoms with E-state index >= 15 is 0 Å². The molecule has 2 unspecified atom stereocenters. The summed E-state index contributed by atoms with van der Waals surface area (Å²) in [6.07, 6.45) is 4.44. The number of carbonyl (C=O) groups excluding carboxylic acids is 1. The van der Waals surface area contributed by atoms with E-state index in [1.54, 1.807) is 0 Å². The molecule has 3 nitrogen and oxygen atoms in total. The van der Waals surface area contributed by atoms with Crippen molar-refractivity contribution < 1.29 is 9.53 Å². The van der Waals surface area contributed by atoms with Crippen LogP contribution in [0.15, 0.2) is 0 Å². The molecule has 2 fully saturated rings. The lowest BCUT2D eigenvalue weighted by molar-refractivity contribution is -0.149. The summed E-state index contributed by atoms with van der Waals surface area (Å²) in [5, 5.41) is 3.51. The van der Waals surface area contributed by atoms with Crippen LogP contribution in [-0.2, 0) is 9.53 Å². The van der Waals surface area contributed by atoms with Crippen LogP contribution in [0, 0.1) is 5.92 Å². The summed E-state index contributed by atoms with van der Waals surface area (Å²) >= 11 is 0. The molecule has 0 spiro atoms. The molecule has 0 aromatic carbocycles. The van der Waals surface area contributed by atoms with Crippen LogP contribution in [-0.4, -0.2) is 24.7 Å². The van der Waals surface area contributed by atoms with E-state index in [-0.39, 0.29) is 24.3 Å². The normalized spacial score (nSPS) is 34.8. The number of fused-ring (bicyclic) bond motifs is 2. The van der Waals surface area contributed by atoms with Gasteiger partial charge in [0.15, 0.2) is 0 Å². The number of hydrogen-bond acceptors (Lipinski definition) is 3. The van der Waals surface area contributed by atoms with Gasteiger partial charge in [0.25, 0.3) is 0 Å². The molecule has 0 radical (unpaired) electrons. The smallest absolute Gasteiger partial charge is 0.309 e. The second-order valence-corrected chi connectivity index (χ2v) is 4.06. The Kier molecular flexibility index (Phi) is 4.20. The standard InChI is InChI=1S/C10H17NO2.ClH/c1-2-13-10(12)7-5-8-3-4-9(6-7)11-8;/h7-9,11H,2-6H2,1H3;1H. The molecule has 2 bridgehead atoms. The molecule has 2 aliphatic heterocycles. The molecular formula is C10H18ClNO2. The number of ether oxygens (including phenoxy) is 1. The zero-order chi connectivity index (χ0) is 9.26. The van der Waals surface area contributed by atoms with Crippen LogP contribution in [0.4, 0.5) is 0 Å². The second kappa shape index (κ2) is 4.99. The van der Waals surface area contributed by atoms with Crippen molar-refractivity contribution in [2.24, 2.45) is 5.92 Å². The number of halogens is 1. The lowest BCUT2D eigenvalue weighted by Gasteiger charge is -2.27. The molecule has 2 saturated heterocycles. The third-order valence-corrected chi connectivity index (χ3v) is 3.09. The van der Waals surface area contributed by atoms with Crippen LogP contribution < -0.4 is 5.32 Å². The number of piperidine rings is 1. The van der Waals surface area contributed by atoms with E-state index in [0.29, 0.717) is 18.7 Å². The molecule has 0 aromatic rings. The van der Waals surface area contributed by atoms with E-state index in [0.717, 1.165) is 12.8 Å². The minimum absolute atomic E-state index is 0. The number of esters is 1. The lowest BCUT2D eigenvalue weighted by atomic mass is 9.93. The Balaban J connectivity index is 0.000000980. The number of hydrogen-bond donors (Lipinski definition) is 1. The minimum Gasteiger partial charge on any atom is -0.466 e. The molecule has 4 heteroatoms. The summed E-state index contributed by atoms with van der Waals surface area (Å²) in [5.74, 6) is 0.180. The molecule has 0 aromatic heterocycles. The monoisotopic (exact) mass is 219 g/mol. The first-order valence-electron chi connectivity index (χ1n) is 5.22. The van der Waals surface area contributed by atoms with Crippen LogP contribution in [0.25, 0.3) is 0 Å². The average Bonchev–Trinajstić information content (AvgIpc) is 2.46. The van der Waals surface area contributed by atoms with Gasteiger partial charge in [-0.2, -0.15) is 0 Å². The van der Waals surface area contributed by atoms with Gasteiger partial charge in [0.05, 0.1) is 12.5 Å². The van der Waals surface area contributed by atoms with E-state index in [2.05, 4.69) is 5.32 Å². The van der Waals surface area contributed by atoms with Crippen LogP contribution >= 0.6 is 12.4 Å². The number of rotatable bonds is 2. The first-order chi connectivity index (χ1) is 6.29. The largest absolute Gasteiger partial charge is 0.466 e. The fourth-order valence-corrected chi connectivity index (χ4v) is 2.51. The van der Waals surface area contributed by atoms with Gasteiger partial charge in [0, 0.05) is 12.1 Å².